The van der Waals surface area contributed by atoms with Crippen molar-refractivity contribution in [2.24, 2.45) is 0 Å². The van der Waals surface area contributed by atoms with Crippen molar-refractivity contribution in [2.45, 2.75) is 0 Å². The van der Waals surface area contributed by atoms with Gasteiger partial charge in [0.25, 0.3) is 0 Å². The van der Waals surface area contributed by atoms with Gasteiger partial charge in [-0.3, -0.25) is 14.1 Å². The predicted octanol–water partition coefficient (Wildman–Crippen LogP) is -0.831. The summed E-state index contributed by atoms with van der Waals surface area (Å²) in [6.07, 6.45) is 1.28. The van der Waals surface area contributed by atoms with Crippen LogP contribution in [-0.2, 0) is 9.13 Å². The van der Waals surface area contributed by atoms with Crippen LogP contribution in [0.4, 0.5) is 0 Å². The fourth-order valence-electron chi connectivity index (χ4n) is 1.48. The number of pyridine rings is 1. The maximum Gasteiger partial charge on any atom is 0.373 e. The van der Waals surface area contributed by atoms with E-state index in [-0.39, 0.29) is 11.0 Å². The fraction of sp³-hybridized carbons (Fsp3) is 0. The topological polar surface area (TPSA) is 144 Å². The molecule has 92 valence electrons. The molecule has 17 heavy (non-hydrogen) atoms. The Morgan fingerprint density at radius 3 is 2.29 bits per heavy atom. The minimum Gasteiger partial charge on any atom is -0.346 e. The lowest BCUT2D eigenvalue weighted by molar-refractivity contribution is 0.381. The number of hydrogen-bond acceptors (Lipinski definition) is 3. The maximum atomic E-state index is 11.3. The monoisotopic (exact) mass is 278 g/mol. The summed E-state index contributed by atoms with van der Waals surface area (Å²) in [6.45, 7) is 0. The van der Waals surface area contributed by atoms with E-state index in [0.717, 1.165) is 0 Å². The van der Waals surface area contributed by atoms with Gasteiger partial charge in [0.2, 0.25) is 0 Å². The summed E-state index contributed by atoms with van der Waals surface area (Å²) in [5.74, 6) is 0. The molecule has 0 unspecified atom stereocenters. The molecule has 0 saturated carbocycles. The highest BCUT2D eigenvalue weighted by Crippen LogP contribution is 2.41. The Labute approximate surface area is 94.6 Å². The number of rotatable bonds is 2. The van der Waals surface area contributed by atoms with Gasteiger partial charge < -0.3 is 24.6 Å². The molecule has 0 saturated heterocycles. The molecule has 0 aliphatic rings. The second kappa shape index (κ2) is 3.74. The van der Waals surface area contributed by atoms with Gasteiger partial charge in [0.05, 0.1) is 5.52 Å². The summed E-state index contributed by atoms with van der Waals surface area (Å²) < 4.78 is 22.4. The smallest absolute Gasteiger partial charge is 0.346 e. The van der Waals surface area contributed by atoms with E-state index in [1.165, 1.54) is 18.3 Å². The van der Waals surface area contributed by atoms with E-state index in [9.17, 15) is 9.13 Å². The molecule has 0 aliphatic carbocycles. The lowest BCUT2D eigenvalue weighted by atomic mass is 10.4. The van der Waals surface area contributed by atoms with Crippen LogP contribution in [0.25, 0.3) is 11.0 Å². The van der Waals surface area contributed by atoms with Gasteiger partial charge in [-0.05, 0) is 12.1 Å². The molecule has 2 rings (SSSR count). The Hall–Kier alpha value is -1.01. The zero-order valence-electron chi connectivity index (χ0n) is 8.18. The van der Waals surface area contributed by atoms with E-state index in [0.29, 0.717) is 0 Å². The molecule has 0 radical (unpaired) electrons. The van der Waals surface area contributed by atoms with Crippen molar-refractivity contribution < 1.29 is 28.7 Å². The normalized spacial score (nSPS) is 13.2. The van der Waals surface area contributed by atoms with Gasteiger partial charge in [0.15, 0.2) is 0 Å². The zero-order chi connectivity index (χ0) is 12.8. The average molecular weight is 278 g/mol. The molecule has 2 aromatic rings. The van der Waals surface area contributed by atoms with Crippen LogP contribution in [0, 0.1) is 0 Å². The summed E-state index contributed by atoms with van der Waals surface area (Å²) in [4.78, 5) is 42.3. The number of nitrogens with zero attached hydrogens (tertiary/aromatic N) is 1. The quantitative estimate of drug-likeness (QED) is 0.451. The van der Waals surface area contributed by atoms with E-state index >= 15 is 0 Å². The Kier molecular flexibility index (Phi) is 2.74. The van der Waals surface area contributed by atoms with E-state index in [1.807, 2.05) is 0 Å². The summed E-state index contributed by atoms with van der Waals surface area (Å²) in [5.41, 5.74) is -0.775. The van der Waals surface area contributed by atoms with Gasteiger partial charge >= 0.3 is 15.2 Å². The van der Waals surface area contributed by atoms with Crippen LogP contribution in [0.5, 0.6) is 0 Å². The maximum absolute atomic E-state index is 11.3. The molecule has 5 N–H and O–H groups in total. The Morgan fingerprint density at radius 1 is 1.12 bits per heavy atom. The van der Waals surface area contributed by atoms with Crippen molar-refractivity contribution in [2.75, 3.05) is 0 Å². The molecule has 0 amide bonds. The first-order valence-corrected chi connectivity index (χ1v) is 7.52. The van der Waals surface area contributed by atoms with Crippen molar-refractivity contribution in [1.29, 1.82) is 0 Å². The molecule has 0 fully saturated rings. The first-order chi connectivity index (χ1) is 7.71. The highest BCUT2D eigenvalue weighted by molar-refractivity contribution is 7.67. The molecule has 2 aromatic heterocycles. The molecule has 0 bridgehead atoms. The largest absolute Gasteiger partial charge is 0.373 e. The summed E-state index contributed by atoms with van der Waals surface area (Å²) >= 11 is 0. The minimum atomic E-state index is -4.84. The highest BCUT2D eigenvalue weighted by atomic mass is 31.2. The van der Waals surface area contributed by atoms with Crippen LogP contribution in [0.3, 0.4) is 0 Å². The van der Waals surface area contributed by atoms with Crippen molar-refractivity contribution in [3.8, 4) is 0 Å². The van der Waals surface area contributed by atoms with Gasteiger partial charge in [-0.25, -0.2) is 0 Å². The molecule has 10 heteroatoms. The van der Waals surface area contributed by atoms with Crippen LogP contribution in [0.1, 0.15) is 0 Å². The number of aromatic nitrogens is 2. The summed E-state index contributed by atoms with van der Waals surface area (Å²) in [5, 5.41) is -0.749. The number of hydrogen-bond donors (Lipinski definition) is 5. The standard InChI is InChI=1S/C7H8N2O6P2/c10-16(11,12)6-5-4(2-1-3-8-5)9-7(6)17(13,14)15/h1-3,9H,(H2,10,11,12)(H2,13,14,15). The van der Waals surface area contributed by atoms with Gasteiger partial charge in [-0.1, -0.05) is 0 Å². The van der Waals surface area contributed by atoms with Gasteiger partial charge in [0, 0.05) is 6.20 Å². The van der Waals surface area contributed by atoms with Crippen LogP contribution in [-0.4, -0.2) is 29.5 Å². The third-order valence-electron chi connectivity index (χ3n) is 2.09. The van der Waals surface area contributed by atoms with Crippen LogP contribution in [0.2, 0.25) is 0 Å². The molecule has 0 spiro atoms. The molecule has 0 atom stereocenters. The van der Waals surface area contributed by atoms with E-state index in [4.69, 9.17) is 19.6 Å². The molecule has 8 nitrogen and oxygen atoms in total. The third kappa shape index (κ3) is 2.19. The Morgan fingerprint density at radius 2 is 1.76 bits per heavy atom. The molecular weight excluding hydrogens is 270 g/mol. The van der Waals surface area contributed by atoms with Crippen molar-refractivity contribution in [3.63, 3.8) is 0 Å². The number of aromatic amines is 1. The molecule has 0 aliphatic heterocycles. The highest BCUT2D eigenvalue weighted by Gasteiger charge is 2.35. The third-order valence-corrected chi connectivity index (χ3v) is 4.20. The average Bonchev–Trinajstić information content (AvgIpc) is 2.54. The predicted molar refractivity (Wildman–Crippen MR) is 59.4 cm³/mol. The number of H-pyrrole nitrogens is 1. The summed E-state index contributed by atoms with van der Waals surface area (Å²) in [6, 6.07) is 2.90. The Bertz CT molecular complexity index is 668. The van der Waals surface area contributed by atoms with Crippen LogP contribution >= 0.6 is 15.2 Å². The fourth-order valence-corrected chi connectivity index (χ4v) is 3.70. The lowest BCUT2D eigenvalue weighted by Gasteiger charge is -2.06. The van der Waals surface area contributed by atoms with Crippen molar-refractivity contribution in [3.05, 3.63) is 18.3 Å². The molecular formula is C7H8N2O6P2. The second-order valence-electron chi connectivity index (χ2n) is 3.31. The SMILES string of the molecule is O=P(O)(O)c1[nH]c2cccnc2c1P(=O)(O)O. The van der Waals surface area contributed by atoms with Gasteiger partial charge in [-0.15, -0.1) is 0 Å². The number of fused-ring (bicyclic) bond motifs is 1. The Balaban J connectivity index is 2.94. The van der Waals surface area contributed by atoms with Crippen LogP contribution in [0.15, 0.2) is 18.3 Å². The van der Waals surface area contributed by atoms with Crippen molar-refractivity contribution in [1.82, 2.24) is 9.97 Å². The van der Waals surface area contributed by atoms with Crippen molar-refractivity contribution >= 4 is 37.0 Å². The van der Waals surface area contributed by atoms with Gasteiger partial charge in [0.1, 0.15) is 16.3 Å². The molecule has 2 heterocycles. The van der Waals surface area contributed by atoms with E-state index < -0.39 is 25.9 Å². The zero-order valence-corrected chi connectivity index (χ0v) is 9.97. The van der Waals surface area contributed by atoms with Gasteiger partial charge in [-0.2, -0.15) is 0 Å². The second-order valence-corrected chi connectivity index (χ2v) is 6.38. The first-order valence-electron chi connectivity index (χ1n) is 4.30. The van der Waals surface area contributed by atoms with Crippen LogP contribution < -0.4 is 10.7 Å². The van der Waals surface area contributed by atoms with E-state index in [1.54, 1.807) is 0 Å². The van der Waals surface area contributed by atoms with E-state index in [2.05, 4.69) is 9.97 Å². The molecule has 0 aromatic carbocycles. The first kappa shape index (κ1) is 12.4. The lowest BCUT2D eigenvalue weighted by Crippen LogP contribution is -2.24. The minimum absolute atomic E-state index is 0.140. The summed E-state index contributed by atoms with van der Waals surface area (Å²) in [7, 11) is -9.65. The number of nitrogens with one attached hydrogen (secondary N) is 1.